The average Bonchev–Trinajstić information content (AvgIpc) is 2.45. The number of nitro benzene ring substituents is 1. The van der Waals surface area contributed by atoms with Gasteiger partial charge in [0.05, 0.1) is 4.92 Å². The number of nitrogens with one attached hydrogen (secondary N) is 1. The summed E-state index contributed by atoms with van der Waals surface area (Å²) in [5.41, 5.74) is -0.142. The van der Waals surface area contributed by atoms with E-state index in [0.717, 1.165) is 0 Å². The highest BCUT2D eigenvalue weighted by Gasteiger charge is 2.21. The van der Waals surface area contributed by atoms with Crippen molar-refractivity contribution in [2.45, 2.75) is 39.7 Å². The van der Waals surface area contributed by atoms with Crippen LogP contribution in [0.5, 0.6) is 0 Å². The Balaban J connectivity index is 2.61. The third-order valence-corrected chi connectivity index (χ3v) is 2.96. The van der Waals surface area contributed by atoms with E-state index in [0.29, 0.717) is 12.3 Å². The fourth-order valence-corrected chi connectivity index (χ4v) is 1.69. The van der Waals surface area contributed by atoms with Crippen molar-refractivity contribution in [1.29, 1.82) is 0 Å². The summed E-state index contributed by atoms with van der Waals surface area (Å²) in [4.78, 5) is 33.8. The van der Waals surface area contributed by atoms with Gasteiger partial charge in [-0.05, 0) is 25.3 Å². The minimum Gasteiger partial charge on any atom is -0.453 e. The van der Waals surface area contributed by atoms with Gasteiger partial charge in [0.1, 0.15) is 5.69 Å². The molecule has 0 bridgehead atoms. The third-order valence-electron chi connectivity index (χ3n) is 2.96. The highest BCUT2D eigenvalue weighted by atomic mass is 16.6. The van der Waals surface area contributed by atoms with Gasteiger partial charge in [-0.3, -0.25) is 19.7 Å². The number of benzene rings is 1. The lowest BCUT2D eigenvalue weighted by atomic mass is 10.1. The maximum absolute atomic E-state index is 11.9. The van der Waals surface area contributed by atoms with Crippen molar-refractivity contribution in [1.82, 2.24) is 0 Å². The summed E-state index contributed by atoms with van der Waals surface area (Å²) in [6, 6.07) is 5.78. The van der Waals surface area contributed by atoms with E-state index in [4.69, 9.17) is 4.74 Å². The minimum atomic E-state index is -1.01. The number of para-hydroxylation sites is 2. The highest BCUT2D eigenvalue weighted by molar-refractivity contribution is 5.96. The number of hydrogen-bond donors (Lipinski definition) is 1. The van der Waals surface area contributed by atoms with Gasteiger partial charge in [-0.1, -0.05) is 26.0 Å². The molecule has 0 fully saturated rings. The molecule has 22 heavy (non-hydrogen) atoms. The van der Waals surface area contributed by atoms with Crippen LogP contribution in [0.2, 0.25) is 0 Å². The number of nitrogens with zero attached hydrogens (tertiary/aromatic N) is 1. The van der Waals surface area contributed by atoms with E-state index in [-0.39, 0.29) is 17.8 Å². The molecule has 0 spiro atoms. The fraction of sp³-hybridized carbons (Fsp3) is 0.467. The van der Waals surface area contributed by atoms with E-state index in [1.165, 1.54) is 25.1 Å². The van der Waals surface area contributed by atoms with Gasteiger partial charge in [-0.2, -0.15) is 0 Å². The average molecular weight is 308 g/mol. The van der Waals surface area contributed by atoms with Crippen molar-refractivity contribution in [2.24, 2.45) is 5.92 Å². The summed E-state index contributed by atoms with van der Waals surface area (Å²) in [7, 11) is 0. The van der Waals surface area contributed by atoms with E-state index in [9.17, 15) is 19.7 Å². The van der Waals surface area contributed by atoms with Gasteiger partial charge in [0.2, 0.25) is 0 Å². The van der Waals surface area contributed by atoms with Crippen molar-refractivity contribution < 1.29 is 19.2 Å². The number of hydrogen-bond acceptors (Lipinski definition) is 5. The first-order valence-corrected chi connectivity index (χ1v) is 7.05. The number of nitro groups is 1. The second-order valence-corrected chi connectivity index (χ2v) is 5.33. The predicted molar refractivity (Wildman–Crippen MR) is 81.4 cm³/mol. The number of carbonyl (C=O) groups is 2. The molecule has 0 aliphatic heterocycles. The maximum Gasteiger partial charge on any atom is 0.306 e. The van der Waals surface area contributed by atoms with Crippen molar-refractivity contribution in [3.63, 3.8) is 0 Å². The molecule has 1 aromatic rings. The Morgan fingerprint density at radius 3 is 2.50 bits per heavy atom. The van der Waals surface area contributed by atoms with Crippen LogP contribution in [0.1, 0.15) is 33.6 Å². The van der Waals surface area contributed by atoms with Gasteiger partial charge < -0.3 is 10.1 Å². The summed E-state index contributed by atoms with van der Waals surface area (Å²) in [6.07, 6.45) is -0.0996. The van der Waals surface area contributed by atoms with Gasteiger partial charge in [0.25, 0.3) is 11.6 Å². The van der Waals surface area contributed by atoms with Crippen molar-refractivity contribution in [2.75, 3.05) is 5.32 Å². The molecule has 7 heteroatoms. The predicted octanol–water partition coefficient (Wildman–Crippen LogP) is 2.90. The van der Waals surface area contributed by atoms with Crippen LogP contribution < -0.4 is 5.32 Å². The largest absolute Gasteiger partial charge is 0.453 e. The van der Waals surface area contributed by atoms with Crippen LogP contribution in [0.15, 0.2) is 24.3 Å². The zero-order valence-electron chi connectivity index (χ0n) is 12.9. The Hall–Kier alpha value is -2.44. The molecule has 0 unspecified atom stereocenters. The van der Waals surface area contributed by atoms with Crippen LogP contribution in [-0.4, -0.2) is 22.9 Å². The number of amides is 1. The Morgan fingerprint density at radius 2 is 1.91 bits per heavy atom. The first-order valence-electron chi connectivity index (χ1n) is 7.05. The Labute approximate surface area is 128 Å². The molecule has 0 saturated carbocycles. The molecule has 1 rings (SSSR count). The lowest BCUT2D eigenvalue weighted by molar-refractivity contribution is -0.383. The Kier molecular flexibility index (Phi) is 6.49. The zero-order valence-corrected chi connectivity index (χ0v) is 12.9. The summed E-state index contributed by atoms with van der Waals surface area (Å²) in [6.45, 7) is 5.40. The molecule has 120 valence electrons. The molecule has 0 aliphatic rings. The zero-order chi connectivity index (χ0) is 16.7. The van der Waals surface area contributed by atoms with E-state index in [1.807, 2.05) is 13.8 Å². The topological polar surface area (TPSA) is 98.5 Å². The number of anilines is 1. The van der Waals surface area contributed by atoms with Gasteiger partial charge in [-0.15, -0.1) is 0 Å². The van der Waals surface area contributed by atoms with Crippen LogP contribution >= 0.6 is 0 Å². The second kappa shape index (κ2) is 8.11. The number of esters is 1. The number of carbonyl (C=O) groups excluding carboxylic acids is 2. The van der Waals surface area contributed by atoms with Crippen molar-refractivity contribution >= 4 is 23.3 Å². The minimum absolute atomic E-state index is 0.0718. The molecule has 0 saturated heterocycles. The first-order chi connectivity index (χ1) is 10.3. The molecule has 0 aliphatic carbocycles. The van der Waals surface area contributed by atoms with Crippen molar-refractivity contribution in [3.8, 4) is 0 Å². The Morgan fingerprint density at radius 1 is 1.27 bits per heavy atom. The fourth-order valence-electron chi connectivity index (χ4n) is 1.69. The number of ether oxygens (including phenoxy) is 1. The maximum atomic E-state index is 11.9. The lowest BCUT2D eigenvalue weighted by Gasteiger charge is -2.14. The van der Waals surface area contributed by atoms with Crippen LogP contribution in [0.25, 0.3) is 0 Å². The van der Waals surface area contributed by atoms with Crippen LogP contribution in [0.4, 0.5) is 11.4 Å². The molecule has 1 N–H and O–H groups in total. The lowest BCUT2D eigenvalue weighted by Crippen LogP contribution is -2.30. The summed E-state index contributed by atoms with van der Waals surface area (Å²) >= 11 is 0. The Bertz CT molecular complexity index is 557. The standard InChI is InChI=1S/C15H20N2O5/c1-10(2)8-9-14(18)22-11(3)15(19)16-12-6-4-5-7-13(12)17(20)21/h4-7,10-11H,8-9H2,1-3H3,(H,16,19)/t11-/m1/s1. The molecule has 7 nitrogen and oxygen atoms in total. The van der Waals surface area contributed by atoms with Gasteiger partial charge in [0.15, 0.2) is 6.10 Å². The van der Waals surface area contributed by atoms with E-state index in [1.54, 1.807) is 6.07 Å². The number of rotatable bonds is 7. The monoisotopic (exact) mass is 308 g/mol. The molecule has 0 aromatic heterocycles. The molecular weight excluding hydrogens is 288 g/mol. The van der Waals surface area contributed by atoms with Gasteiger partial charge in [0, 0.05) is 12.5 Å². The summed E-state index contributed by atoms with van der Waals surface area (Å²) in [5.74, 6) is -0.699. The molecule has 1 aromatic carbocycles. The van der Waals surface area contributed by atoms with E-state index >= 15 is 0 Å². The van der Waals surface area contributed by atoms with Crippen LogP contribution in [0.3, 0.4) is 0 Å². The van der Waals surface area contributed by atoms with Crippen molar-refractivity contribution in [3.05, 3.63) is 34.4 Å². The van der Waals surface area contributed by atoms with E-state index in [2.05, 4.69) is 5.32 Å². The first kappa shape index (κ1) is 17.6. The SMILES string of the molecule is CC(C)CCC(=O)O[C@H](C)C(=O)Nc1ccccc1[N+](=O)[O-]. The molecule has 0 radical (unpaired) electrons. The van der Waals surface area contributed by atoms with Crippen LogP contribution in [0, 0.1) is 16.0 Å². The normalized spacial score (nSPS) is 11.8. The molecular formula is C15H20N2O5. The summed E-state index contributed by atoms with van der Waals surface area (Å²) < 4.78 is 5.01. The third kappa shape index (κ3) is 5.51. The quantitative estimate of drug-likeness (QED) is 0.474. The molecule has 0 heterocycles. The van der Waals surface area contributed by atoms with Gasteiger partial charge in [-0.25, -0.2) is 0 Å². The van der Waals surface area contributed by atoms with Crippen LogP contribution in [-0.2, 0) is 14.3 Å². The summed E-state index contributed by atoms with van der Waals surface area (Å²) in [5, 5.41) is 13.3. The molecule has 1 atom stereocenters. The van der Waals surface area contributed by atoms with Gasteiger partial charge >= 0.3 is 5.97 Å². The smallest absolute Gasteiger partial charge is 0.306 e. The second-order valence-electron chi connectivity index (χ2n) is 5.33. The molecule has 1 amide bonds. The van der Waals surface area contributed by atoms with E-state index < -0.39 is 22.9 Å². The highest BCUT2D eigenvalue weighted by Crippen LogP contribution is 2.23.